The van der Waals surface area contributed by atoms with Crippen LogP contribution in [0.4, 0.5) is 0 Å². The van der Waals surface area contributed by atoms with E-state index in [2.05, 4.69) is 279 Å². The lowest BCUT2D eigenvalue weighted by Gasteiger charge is -2.19. The van der Waals surface area contributed by atoms with Crippen LogP contribution in [0.3, 0.4) is 0 Å². The summed E-state index contributed by atoms with van der Waals surface area (Å²) >= 11 is 3.85. The molecule has 2 aromatic heterocycles. The third-order valence-electron chi connectivity index (χ3n) is 17.0. The van der Waals surface area contributed by atoms with Gasteiger partial charge in [0, 0.05) is 40.3 Å². The molecule has 0 radical (unpaired) electrons. The van der Waals surface area contributed by atoms with Crippen molar-refractivity contribution in [3.05, 3.63) is 279 Å². The number of hydrogen-bond acceptors (Lipinski definition) is 2. The molecule has 17 aromatic rings. The van der Waals surface area contributed by atoms with E-state index in [1.807, 2.05) is 22.7 Å². The molecule has 0 nitrogen and oxygen atoms in total. The zero-order valence-corrected chi connectivity index (χ0v) is 45.0. The first-order valence-corrected chi connectivity index (χ1v) is 29.2. The van der Waals surface area contributed by atoms with Crippen molar-refractivity contribution in [3.8, 4) is 66.8 Å². The van der Waals surface area contributed by atoms with Crippen molar-refractivity contribution in [2.24, 2.45) is 0 Å². The molecule has 0 N–H and O–H groups in total. The molecule has 0 aliphatic heterocycles. The summed E-state index contributed by atoms with van der Waals surface area (Å²) in [5.74, 6) is 0. The fourth-order valence-electron chi connectivity index (χ4n) is 13.6. The predicted molar refractivity (Wildman–Crippen MR) is 350 cm³/mol. The zero-order valence-electron chi connectivity index (χ0n) is 43.4. The van der Waals surface area contributed by atoms with Crippen LogP contribution in [0.5, 0.6) is 0 Å². The Morgan fingerprint density at radius 3 is 1.24 bits per heavy atom. The largest absolute Gasteiger partial charge is 0.135 e. The number of hydrogen-bond donors (Lipinski definition) is 0. The van der Waals surface area contributed by atoms with E-state index in [9.17, 15) is 0 Å². The van der Waals surface area contributed by atoms with E-state index in [0.717, 1.165) is 0 Å². The maximum atomic E-state index is 2.47. The van der Waals surface area contributed by atoms with Crippen LogP contribution in [0.1, 0.15) is 0 Å². The van der Waals surface area contributed by atoms with E-state index in [1.165, 1.54) is 172 Å². The van der Waals surface area contributed by atoms with Crippen molar-refractivity contribution in [1.29, 1.82) is 0 Å². The third-order valence-corrected chi connectivity index (χ3v) is 19.5. The van der Waals surface area contributed by atoms with E-state index in [1.54, 1.807) is 0 Å². The number of thiophene rings is 2. The molecule has 80 heavy (non-hydrogen) atoms. The van der Waals surface area contributed by atoms with Gasteiger partial charge in [-0.15, -0.1) is 22.7 Å². The minimum Gasteiger partial charge on any atom is -0.135 e. The summed E-state index contributed by atoms with van der Waals surface area (Å²) in [6.45, 7) is 0. The molecule has 0 aliphatic carbocycles. The Labute approximate surface area is 470 Å². The Morgan fingerprint density at radius 2 is 0.613 bits per heavy atom. The van der Waals surface area contributed by atoms with Crippen LogP contribution in [0.25, 0.3) is 172 Å². The zero-order chi connectivity index (χ0) is 52.4. The first kappa shape index (κ1) is 45.3. The maximum Gasteiger partial charge on any atom is 0.0440 e. The van der Waals surface area contributed by atoms with E-state index in [0.29, 0.717) is 0 Å². The fraction of sp³-hybridized carbons (Fsp3) is 0. The first-order chi connectivity index (χ1) is 39.7. The minimum absolute atomic E-state index is 1.20. The fourth-order valence-corrected chi connectivity index (χ4v) is 16.2. The standard InChI is InChI=1S/C78H46S2/c1-4-19-47(20-5-1)55-43-44-65(72-60-30-15-12-27-57(60)70(49-22-6-2-7-23-49)58-28-13-16-31-61(58)72)75-67-42-38-53-45-51(36-39-56(53)77(67)80-78(55)75)52-37-40-63-68(46-52)71(50-24-8-3-9-25-50)59-29-14-17-32-62(59)73(63)64-33-18-34-69-74(64)66-41-35-48-21-10-11-26-54(48)76(66)79-69/h1-46H. The second-order valence-electron chi connectivity index (χ2n) is 21.3. The molecular weight excluding hydrogens is 1000 g/mol. The van der Waals surface area contributed by atoms with Gasteiger partial charge in [-0.3, -0.25) is 0 Å². The van der Waals surface area contributed by atoms with Gasteiger partial charge in [-0.05, 0) is 150 Å². The molecule has 0 amide bonds. The molecule has 0 aliphatic rings. The Balaban J connectivity index is 0.888. The van der Waals surface area contributed by atoms with Gasteiger partial charge in [0.25, 0.3) is 0 Å². The lowest BCUT2D eigenvalue weighted by Crippen LogP contribution is -1.92. The lowest BCUT2D eigenvalue weighted by atomic mass is 9.83. The molecule has 0 saturated carbocycles. The van der Waals surface area contributed by atoms with Gasteiger partial charge in [-0.25, -0.2) is 0 Å². The molecule has 0 unspecified atom stereocenters. The highest BCUT2D eigenvalue weighted by atomic mass is 32.1. The first-order valence-electron chi connectivity index (χ1n) is 27.6. The van der Waals surface area contributed by atoms with Crippen molar-refractivity contribution in [1.82, 2.24) is 0 Å². The summed E-state index contributed by atoms with van der Waals surface area (Å²) in [6.07, 6.45) is 0. The summed E-state index contributed by atoms with van der Waals surface area (Å²) in [6, 6.07) is 104. The molecule has 0 spiro atoms. The smallest absolute Gasteiger partial charge is 0.0440 e. The SMILES string of the molecule is c1ccc(-c2c3ccccc3c(-c3cccc4sc5c6ccccc6ccc5c34)c3ccc(-c4ccc5c(ccc6c5sc5c(-c7ccccc7)ccc(-c7c8ccccc8c(-c8ccccc8)c8ccccc78)c56)c4)cc23)cc1. The molecule has 370 valence electrons. The molecule has 2 heterocycles. The molecule has 17 rings (SSSR count). The van der Waals surface area contributed by atoms with Crippen LogP contribution in [0.15, 0.2) is 279 Å². The summed E-state index contributed by atoms with van der Waals surface area (Å²) in [5, 5.41) is 20.4. The summed E-state index contributed by atoms with van der Waals surface area (Å²) in [4.78, 5) is 0. The average Bonchev–Trinajstić information content (AvgIpc) is 4.18. The highest BCUT2D eigenvalue weighted by Crippen LogP contribution is 2.53. The topological polar surface area (TPSA) is 0 Å². The molecule has 0 fully saturated rings. The van der Waals surface area contributed by atoms with Crippen molar-refractivity contribution >= 4 is 128 Å². The van der Waals surface area contributed by atoms with Crippen molar-refractivity contribution < 1.29 is 0 Å². The highest BCUT2D eigenvalue weighted by Gasteiger charge is 2.24. The quantitative estimate of drug-likeness (QED) is 0.146. The molecule has 15 aromatic carbocycles. The van der Waals surface area contributed by atoms with Gasteiger partial charge in [0.2, 0.25) is 0 Å². The normalized spacial score (nSPS) is 12.0. The summed E-state index contributed by atoms with van der Waals surface area (Å²) in [7, 11) is 0. The Morgan fingerprint density at radius 1 is 0.188 bits per heavy atom. The van der Waals surface area contributed by atoms with Crippen molar-refractivity contribution in [2.75, 3.05) is 0 Å². The van der Waals surface area contributed by atoms with E-state index in [4.69, 9.17) is 0 Å². The minimum atomic E-state index is 1.20. The molecule has 0 atom stereocenters. The third kappa shape index (κ3) is 6.80. The Hall–Kier alpha value is -9.70. The van der Waals surface area contributed by atoms with Crippen molar-refractivity contribution in [2.45, 2.75) is 0 Å². The van der Waals surface area contributed by atoms with Gasteiger partial charge in [0.05, 0.1) is 0 Å². The molecular formula is C78H46S2. The number of rotatable bonds is 6. The second-order valence-corrected chi connectivity index (χ2v) is 23.4. The predicted octanol–water partition coefficient (Wildman–Crippen LogP) is 23.3. The Bertz CT molecular complexity index is 5340. The van der Waals surface area contributed by atoms with Gasteiger partial charge in [0.15, 0.2) is 0 Å². The van der Waals surface area contributed by atoms with Crippen LogP contribution in [0.2, 0.25) is 0 Å². The van der Waals surface area contributed by atoms with Crippen LogP contribution in [-0.4, -0.2) is 0 Å². The lowest BCUT2D eigenvalue weighted by molar-refractivity contribution is 1.65. The number of fused-ring (bicyclic) bond motifs is 14. The van der Waals surface area contributed by atoms with Crippen molar-refractivity contribution in [3.63, 3.8) is 0 Å². The second kappa shape index (κ2) is 17.9. The van der Waals surface area contributed by atoms with Crippen LogP contribution >= 0.6 is 22.7 Å². The van der Waals surface area contributed by atoms with Crippen LogP contribution in [0, 0.1) is 0 Å². The van der Waals surface area contributed by atoms with E-state index in [-0.39, 0.29) is 0 Å². The van der Waals surface area contributed by atoms with Crippen LogP contribution < -0.4 is 0 Å². The average molecular weight is 1050 g/mol. The van der Waals surface area contributed by atoms with Gasteiger partial charge < -0.3 is 0 Å². The van der Waals surface area contributed by atoms with Gasteiger partial charge in [-0.1, -0.05) is 261 Å². The Kier molecular flexibility index (Phi) is 10.2. The molecule has 0 saturated heterocycles. The van der Waals surface area contributed by atoms with Gasteiger partial charge >= 0.3 is 0 Å². The molecule has 2 heteroatoms. The van der Waals surface area contributed by atoms with Gasteiger partial charge in [-0.2, -0.15) is 0 Å². The maximum absolute atomic E-state index is 2.47. The summed E-state index contributed by atoms with van der Waals surface area (Å²) in [5.41, 5.74) is 15.0. The number of benzene rings is 15. The van der Waals surface area contributed by atoms with E-state index >= 15 is 0 Å². The summed E-state index contributed by atoms with van der Waals surface area (Å²) < 4.78 is 5.28. The monoisotopic (exact) mass is 1050 g/mol. The van der Waals surface area contributed by atoms with Crippen LogP contribution in [-0.2, 0) is 0 Å². The molecule has 0 bridgehead atoms. The van der Waals surface area contributed by atoms with Gasteiger partial charge in [0.1, 0.15) is 0 Å². The van der Waals surface area contributed by atoms with E-state index < -0.39 is 0 Å². The highest BCUT2D eigenvalue weighted by molar-refractivity contribution is 7.27.